The van der Waals surface area contributed by atoms with E-state index in [1.807, 2.05) is 44.2 Å². The van der Waals surface area contributed by atoms with Gasteiger partial charge in [-0.3, -0.25) is 9.78 Å². The maximum atomic E-state index is 12.6. The van der Waals surface area contributed by atoms with Crippen molar-refractivity contribution < 1.29 is 9.90 Å². The van der Waals surface area contributed by atoms with Gasteiger partial charge in [-0.2, -0.15) is 0 Å². The Bertz CT molecular complexity index is 869. The van der Waals surface area contributed by atoms with Crippen LogP contribution in [0.3, 0.4) is 0 Å². The van der Waals surface area contributed by atoms with Crippen LogP contribution < -0.4 is 0 Å². The summed E-state index contributed by atoms with van der Waals surface area (Å²) in [5.41, 5.74) is 2.52. The van der Waals surface area contributed by atoms with Crippen molar-refractivity contribution in [3.8, 4) is 5.69 Å². The van der Waals surface area contributed by atoms with Crippen molar-refractivity contribution in [1.82, 2.24) is 24.9 Å². The summed E-state index contributed by atoms with van der Waals surface area (Å²) in [6.45, 7) is 4.36. The molecule has 0 radical (unpaired) electrons. The molecule has 0 aliphatic rings. The van der Waals surface area contributed by atoms with Gasteiger partial charge in [0, 0.05) is 24.7 Å². The minimum atomic E-state index is -0.233. The van der Waals surface area contributed by atoms with E-state index in [9.17, 15) is 4.79 Å². The van der Waals surface area contributed by atoms with Gasteiger partial charge in [0.2, 0.25) is 0 Å². The second-order valence-corrected chi connectivity index (χ2v) is 5.40. The Morgan fingerprint density at radius 3 is 2.83 bits per heavy atom. The summed E-state index contributed by atoms with van der Waals surface area (Å²) in [6.07, 6.45) is 1.73. The fraction of sp³-hybridized carbons (Fsp3) is 0.294. The number of rotatable bonds is 5. The summed E-state index contributed by atoms with van der Waals surface area (Å²) in [5.74, 6) is -0.233. The molecule has 0 saturated carbocycles. The zero-order valence-electron chi connectivity index (χ0n) is 13.7. The molecule has 3 aromatic rings. The number of pyridine rings is 1. The largest absolute Gasteiger partial charge is 0.395 e. The Morgan fingerprint density at radius 2 is 2.08 bits per heavy atom. The van der Waals surface area contributed by atoms with Crippen LogP contribution in [0, 0.1) is 6.92 Å². The van der Waals surface area contributed by atoms with E-state index >= 15 is 0 Å². The standard InChI is InChI=1S/C17H19N5O2/c1-3-21(10-11-23)17(24)15-12(2)22(20-19-15)14-8-4-6-13-7-5-9-18-16(13)14/h4-9,23H,3,10-11H2,1-2H3. The highest BCUT2D eigenvalue weighted by atomic mass is 16.3. The first-order valence-electron chi connectivity index (χ1n) is 7.84. The first-order valence-corrected chi connectivity index (χ1v) is 7.84. The fourth-order valence-electron chi connectivity index (χ4n) is 2.69. The molecule has 1 amide bonds. The number of aromatic nitrogens is 4. The number of carbonyl (C=O) groups excluding carboxylic acids is 1. The topological polar surface area (TPSA) is 84.1 Å². The lowest BCUT2D eigenvalue weighted by atomic mass is 10.2. The molecule has 0 unspecified atom stereocenters. The highest BCUT2D eigenvalue weighted by Crippen LogP contribution is 2.21. The van der Waals surface area contributed by atoms with Crippen molar-refractivity contribution in [3.63, 3.8) is 0 Å². The molecule has 0 fully saturated rings. The minimum absolute atomic E-state index is 0.0833. The van der Waals surface area contributed by atoms with Gasteiger partial charge >= 0.3 is 0 Å². The van der Waals surface area contributed by atoms with E-state index in [0.29, 0.717) is 17.9 Å². The summed E-state index contributed by atoms with van der Waals surface area (Å²) in [4.78, 5) is 18.5. The van der Waals surface area contributed by atoms with E-state index in [1.165, 1.54) is 0 Å². The normalized spacial score (nSPS) is 11.0. The van der Waals surface area contributed by atoms with Crippen LogP contribution in [0.15, 0.2) is 36.5 Å². The molecule has 7 nitrogen and oxygen atoms in total. The third-order valence-electron chi connectivity index (χ3n) is 3.98. The second kappa shape index (κ2) is 6.76. The molecule has 2 heterocycles. The van der Waals surface area contributed by atoms with Crippen LogP contribution in [-0.2, 0) is 0 Å². The molecule has 124 valence electrons. The quantitative estimate of drug-likeness (QED) is 0.770. The first kappa shape index (κ1) is 16.1. The smallest absolute Gasteiger partial charge is 0.276 e. The zero-order valence-corrected chi connectivity index (χ0v) is 13.7. The predicted molar refractivity (Wildman–Crippen MR) is 90.1 cm³/mol. The molecule has 0 saturated heterocycles. The van der Waals surface area contributed by atoms with E-state index in [1.54, 1.807) is 15.8 Å². The van der Waals surface area contributed by atoms with Gasteiger partial charge in [-0.15, -0.1) is 5.10 Å². The Morgan fingerprint density at radius 1 is 1.29 bits per heavy atom. The molecular weight excluding hydrogens is 306 g/mol. The number of aliphatic hydroxyl groups excluding tert-OH is 1. The number of aliphatic hydroxyl groups is 1. The third kappa shape index (κ3) is 2.74. The SMILES string of the molecule is CCN(CCO)C(=O)c1nnn(-c2cccc3cccnc23)c1C. The number of carbonyl (C=O) groups is 1. The van der Waals surface area contributed by atoms with Crippen molar-refractivity contribution in [2.75, 3.05) is 19.7 Å². The van der Waals surface area contributed by atoms with Crippen LogP contribution in [0.4, 0.5) is 0 Å². The van der Waals surface area contributed by atoms with Gasteiger partial charge < -0.3 is 10.0 Å². The summed E-state index contributed by atoms with van der Waals surface area (Å²) in [7, 11) is 0. The van der Waals surface area contributed by atoms with Crippen LogP contribution >= 0.6 is 0 Å². The maximum Gasteiger partial charge on any atom is 0.276 e. The molecule has 2 aromatic heterocycles. The van der Waals surface area contributed by atoms with Crippen molar-refractivity contribution in [3.05, 3.63) is 47.9 Å². The van der Waals surface area contributed by atoms with E-state index in [2.05, 4.69) is 15.3 Å². The zero-order chi connectivity index (χ0) is 17.1. The Hall–Kier alpha value is -2.80. The van der Waals surface area contributed by atoms with Gasteiger partial charge in [0.05, 0.1) is 23.5 Å². The second-order valence-electron chi connectivity index (χ2n) is 5.40. The number of fused-ring (bicyclic) bond motifs is 1. The lowest BCUT2D eigenvalue weighted by molar-refractivity contribution is 0.0725. The van der Waals surface area contributed by atoms with E-state index in [0.717, 1.165) is 16.6 Å². The maximum absolute atomic E-state index is 12.6. The van der Waals surface area contributed by atoms with Crippen molar-refractivity contribution in [2.24, 2.45) is 0 Å². The molecule has 0 aliphatic heterocycles. The number of hydrogen-bond donors (Lipinski definition) is 1. The van der Waals surface area contributed by atoms with Crippen LogP contribution in [0.25, 0.3) is 16.6 Å². The van der Waals surface area contributed by atoms with E-state index in [-0.39, 0.29) is 19.1 Å². The lowest BCUT2D eigenvalue weighted by Gasteiger charge is -2.18. The molecule has 1 N–H and O–H groups in total. The van der Waals surface area contributed by atoms with Gasteiger partial charge in [-0.05, 0) is 26.0 Å². The number of hydrogen-bond acceptors (Lipinski definition) is 5. The third-order valence-corrected chi connectivity index (χ3v) is 3.98. The first-order chi connectivity index (χ1) is 11.7. The van der Waals surface area contributed by atoms with Crippen LogP contribution in [-0.4, -0.2) is 55.6 Å². The van der Waals surface area contributed by atoms with Gasteiger partial charge in [-0.1, -0.05) is 23.4 Å². The average molecular weight is 325 g/mol. The molecule has 24 heavy (non-hydrogen) atoms. The highest BCUT2D eigenvalue weighted by Gasteiger charge is 2.22. The molecular formula is C17H19N5O2. The van der Waals surface area contributed by atoms with E-state index in [4.69, 9.17) is 5.11 Å². The van der Waals surface area contributed by atoms with Crippen molar-refractivity contribution in [2.45, 2.75) is 13.8 Å². The van der Waals surface area contributed by atoms with Crippen molar-refractivity contribution >= 4 is 16.8 Å². The predicted octanol–water partition coefficient (Wildman–Crippen LogP) is 1.58. The Labute approximate surface area is 139 Å². The molecule has 1 aromatic carbocycles. The summed E-state index contributed by atoms with van der Waals surface area (Å²) < 4.78 is 1.63. The minimum Gasteiger partial charge on any atom is -0.395 e. The van der Waals surface area contributed by atoms with Crippen molar-refractivity contribution in [1.29, 1.82) is 0 Å². The fourth-order valence-corrected chi connectivity index (χ4v) is 2.69. The Balaban J connectivity index is 2.05. The molecule has 0 spiro atoms. The number of benzene rings is 1. The number of para-hydroxylation sites is 1. The van der Waals surface area contributed by atoms with Gasteiger partial charge in [0.25, 0.3) is 5.91 Å². The Kier molecular flexibility index (Phi) is 4.52. The number of nitrogens with zero attached hydrogens (tertiary/aromatic N) is 5. The van der Waals surface area contributed by atoms with Crippen LogP contribution in [0.1, 0.15) is 23.1 Å². The van der Waals surface area contributed by atoms with Crippen LogP contribution in [0.5, 0.6) is 0 Å². The molecule has 7 heteroatoms. The van der Waals surface area contributed by atoms with Gasteiger partial charge in [-0.25, -0.2) is 4.68 Å². The lowest BCUT2D eigenvalue weighted by Crippen LogP contribution is -2.34. The molecule has 0 atom stereocenters. The summed E-state index contributed by atoms with van der Waals surface area (Å²) >= 11 is 0. The highest BCUT2D eigenvalue weighted by molar-refractivity contribution is 5.93. The molecule has 0 bridgehead atoms. The molecule has 3 rings (SSSR count). The summed E-state index contributed by atoms with van der Waals surface area (Å²) in [5, 5.41) is 18.3. The van der Waals surface area contributed by atoms with Crippen LogP contribution in [0.2, 0.25) is 0 Å². The number of likely N-dealkylation sites (N-methyl/N-ethyl adjacent to an activating group) is 1. The van der Waals surface area contributed by atoms with Gasteiger partial charge in [0.15, 0.2) is 5.69 Å². The monoisotopic (exact) mass is 325 g/mol. The average Bonchev–Trinajstić information content (AvgIpc) is 3.00. The summed E-state index contributed by atoms with van der Waals surface area (Å²) in [6, 6.07) is 9.65. The number of amides is 1. The van der Waals surface area contributed by atoms with Gasteiger partial charge in [0.1, 0.15) is 0 Å². The van der Waals surface area contributed by atoms with E-state index < -0.39 is 0 Å². The molecule has 0 aliphatic carbocycles.